The molecule has 0 spiro atoms. The standard InChI is InChI=1S/C18H23ClFN7S/c1-2-27(22)24-17(21)16-6-23-18(28-16)26-9-11-7-25(8-12(11)10-26)15-4-3-13(20)5-14(15)19/h3-6,11-12H,2,7-10,22H2,1H3,(H2,21,24). The molecule has 0 amide bonds. The molecule has 2 saturated heterocycles. The van der Waals surface area contributed by atoms with E-state index in [4.69, 9.17) is 23.2 Å². The maximum absolute atomic E-state index is 13.3. The maximum Gasteiger partial charge on any atom is 0.185 e. The van der Waals surface area contributed by atoms with Crippen LogP contribution in [0.3, 0.4) is 0 Å². The highest BCUT2D eigenvalue weighted by Crippen LogP contribution is 2.39. The molecular formula is C18H23ClFN7S. The number of amidine groups is 1. The van der Waals surface area contributed by atoms with Crippen LogP contribution < -0.4 is 21.4 Å². The molecule has 2 aliphatic rings. The molecule has 2 atom stereocenters. The maximum atomic E-state index is 13.3. The van der Waals surface area contributed by atoms with E-state index in [1.165, 1.54) is 28.6 Å². The molecule has 2 aliphatic heterocycles. The van der Waals surface area contributed by atoms with Gasteiger partial charge < -0.3 is 15.5 Å². The number of rotatable bonds is 5. The average Bonchev–Trinajstić information content (AvgIpc) is 3.35. The van der Waals surface area contributed by atoms with Gasteiger partial charge >= 0.3 is 0 Å². The van der Waals surface area contributed by atoms with Crippen LogP contribution in [-0.4, -0.2) is 48.7 Å². The highest BCUT2D eigenvalue weighted by molar-refractivity contribution is 7.17. The zero-order chi connectivity index (χ0) is 19.8. The Morgan fingerprint density at radius 2 is 2.00 bits per heavy atom. The van der Waals surface area contributed by atoms with E-state index in [0.717, 1.165) is 41.9 Å². The largest absolute Gasteiger partial charge is 0.381 e. The van der Waals surface area contributed by atoms with Crippen LogP contribution in [0.1, 0.15) is 11.8 Å². The molecule has 3 heterocycles. The Morgan fingerprint density at radius 3 is 2.64 bits per heavy atom. The number of nitrogens with two attached hydrogens (primary N) is 2. The van der Waals surface area contributed by atoms with Crippen molar-refractivity contribution in [2.45, 2.75) is 6.92 Å². The summed E-state index contributed by atoms with van der Waals surface area (Å²) in [4.78, 5) is 9.91. The number of hydrogen-bond donors (Lipinski definition) is 2. The zero-order valence-corrected chi connectivity index (χ0v) is 17.1. The molecule has 4 N–H and O–H groups in total. The van der Waals surface area contributed by atoms with Crippen molar-refractivity contribution in [3.05, 3.63) is 40.1 Å². The average molecular weight is 424 g/mol. The third-order valence-electron chi connectivity index (χ3n) is 5.31. The summed E-state index contributed by atoms with van der Waals surface area (Å²) in [6, 6.07) is 4.61. The number of hydrogen-bond acceptors (Lipinski definition) is 7. The van der Waals surface area contributed by atoms with E-state index in [2.05, 4.69) is 19.9 Å². The van der Waals surface area contributed by atoms with Gasteiger partial charge in [-0.2, -0.15) is 0 Å². The molecule has 10 heteroatoms. The minimum Gasteiger partial charge on any atom is -0.381 e. The molecule has 2 unspecified atom stereocenters. The van der Waals surface area contributed by atoms with Crippen LogP contribution in [0, 0.1) is 17.7 Å². The summed E-state index contributed by atoms with van der Waals surface area (Å²) < 4.78 is 13.3. The second kappa shape index (κ2) is 7.73. The number of anilines is 2. The Kier molecular flexibility index (Phi) is 5.31. The zero-order valence-electron chi connectivity index (χ0n) is 15.6. The van der Waals surface area contributed by atoms with Gasteiger partial charge in [0, 0.05) is 38.0 Å². The van der Waals surface area contributed by atoms with Crippen molar-refractivity contribution in [3.8, 4) is 0 Å². The van der Waals surface area contributed by atoms with Crippen molar-refractivity contribution in [2.24, 2.45) is 28.5 Å². The SMILES string of the molecule is CCN(N)/N=C(\N)c1cnc(N2CC3CN(c4ccc(F)cc4Cl)CC3C2)s1. The molecule has 4 rings (SSSR count). The summed E-state index contributed by atoms with van der Waals surface area (Å²) in [7, 11) is 0. The summed E-state index contributed by atoms with van der Waals surface area (Å²) in [6.07, 6.45) is 1.75. The molecule has 0 radical (unpaired) electrons. The lowest BCUT2D eigenvalue weighted by Crippen LogP contribution is -2.29. The minimum absolute atomic E-state index is 0.307. The Balaban J connectivity index is 1.41. The van der Waals surface area contributed by atoms with Crippen molar-refractivity contribution in [3.63, 3.8) is 0 Å². The molecule has 150 valence electrons. The highest BCUT2D eigenvalue weighted by atomic mass is 35.5. The van der Waals surface area contributed by atoms with Crippen LogP contribution in [0.5, 0.6) is 0 Å². The quantitative estimate of drug-likeness (QED) is 0.332. The molecular weight excluding hydrogens is 401 g/mol. The minimum atomic E-state index is -0.307. The molecule has 1 aromatic heterocycles. The third-order valence-corrected chi connectivity index (χ3v) is 6.70. The summed E-state index contributed by atoms with van der Waals surface area (Å²) in [6.45, 7) is 6.17. The molecule has 2 fully saturated rings. The van der Waals surface area contributed by atoms with Gasteiger partial charge in [0.05, 0.1) is 28.3 Å². The van der Waals surface area contributed by atoms with E-state index >= 15 is 0 Å². The second-order valence-electron chi connectivity index (χ2n) is 7.17. The van der Waals surface area contributed by atoms with E-state index in [-0.39, 0.29) is 5.82 Å². The number of halogens is 2. The number of nitrogens with zero attached hydrogens (tertiary/aromatic N) is 5. The van der Waals surface area contributed by atoms with Gasteiger partial charge in [-0.3, -0.25) is 0 Å². The van der Waals surface area contributed by atoms with Gasteiger partial charge in [-0.15, -0.1) is 5.10 Å². The number of hydrazone groups is 1. The molecule has 0 saturated carbocycles. The van der Waals surface area contributed by atoms with E-state index in [9.17, 15) is 4.39 Å². The van der Waals surface area contributed by atoms with Crippen molar-refractivity contribution < 1.29 is 4.39 Å². The van der Waals surface area contributed by atoms with Crippen LogP contribution in [-0.2, 0) is 0 Å². The first kappa shape index (κ1) is 19.2. The number of aromatic nitrogens is 1. The van der Waals surface area contributed by atoms with Gasteiger partial charge in [-0.1, -0.05) is 22.9 Å². The molecule has 1 aromatic carbocycles. The van der Waals surface area contributed by atoms with E-state index in [0.29, 0.717) is 29.2 Å². The smallest absolute Gasteiger partial charge is 0.185 e. The van der Waals surface area contributed by atoms with Crippen molar-refractivity contribution >= 4 is 39.6 Å². The van der Waals surface area contributed by atoms with Crippen molar-refractivity contribution in [2.75, 3.05) is 42.5 Å². The summed E-state index contributed by atoms with van der Waals surface area (Å²) >= 11 is 7.76. The van der Waals surface area contributed by atoms with Crippen molar-refractivity contribution in [1.29, 1.82) is 0 Å². The van der Waals surface area contributed by atoms with Crippen LogP contribution in [0.4, 0.5) is 15.2 Å². The van der Waals surface area contributed by atoms with Gasteiger partial charge in [0.25, 0.3) is 0 Å². The van der Waals surface area contributed by atoms with Crippen LogP contribution in [0.15, 0.2) is 29.5 Å². The van der Waals surface area contributed by atoms with E-state index in [1.807, 2.05) is 6.92 Å². The summed E-state index contributed by atoms with van der Waals surface area (Å²) in [5.41, 5.74) is 6.93. The lowest BCUT2D eigenvalue weighted by atomic mass is 10.0. The fourth-order valence-electron chi connectivity index (χ4n) is 3.87. The molecule has 0 bridgehead atoms. The predicted molar refractivity (Wildman–Crippen MR) is 112 cm³/mol. The summed E-state index contributed by atoms with van der Waals surface area (Å²) in [5, 5.41) is 6.86. The molecule has 28 heavy (non-hydrogen) atoms. The fraction of sp³-hybridized carbons (Fsp3) is 0.444. The first-order valence-electron chi connectivity index (χ1n) is 9.22. The number of fused-ring (bicyclic) bond motifs is 1. The predicted octanol–water partition coefficient (Wildman–Crippen LogP) is 2.32. The topological polar surface area (TPSA) is 87.0 Å². The van der Waals surface area contributed by atoms with E-state index < -0.39 is 0 Å². The highest BCUT2D eigenvalue weighted by Gasteiger charge is 2.41. The monoisotopic (exact) mass is 423 g/mol. The normalized spacial score (nSPS) is 22.1. The van der Waals surface area contributed by atoms with Gasteiger partial charge in [0.1, 0.15) is 5.82 Å². The van der Waals surface area contributed by atoms with Crippen molar-refractivity contribution in [1.82, 2.24) is 10.1 Å². The first-order chi connectivity index (χ1) is 13.4. The van der Waals surface area contributed by atoms with Gasteiger partial charge in [-0.25, -0.2) is 20.3 Å². The Bertz CT molecular complexity index is 875. The van der Waals surface area contributed by atoms with Gasteiger partial charge in [0.15, 0.2) is 11.0 Å². The van der Waals surface area contributed by atoms with Crippen LogP contribution >= 0.6 is 22.9 Å². The third kappa shape index (κ3) is 3.74. The van der Waals surface area contributed by atoms with Crippen LogP contribution in [0.25, 0.3) is 0 Å². The summed E-state index contributed by atoms with van der Waals surface area (Å²) in [5.74, 6) is 6.81. The Labute approximate surface area is 172 Å². The lowest BCUT2D eigenvalue weighted by Gasteiger charge is -2.23. The van der Waals surface area contributed by atoms with E-state index in [1.54, 1.807) is 12.3 Å². The first-order valence-corrected chi connectivity index (χ1v) is 10.4. The molecule has 0 aliphatic carbocycles. The number of hydrazine groups is 1. The van der Waals surface area contributed by atoms with Crippen LogP contribution in [0.2, 0.25) is 5.02 Å². The van der Waals surface area contributed by atoms with Gasteiger partial charge in [0.2, 0.25) is 0 Å². The Morgan fingerprint density at radius 1 is 1.32 bits per heavy atom. The molecule has 2 aromatic rings. The number of benzene rings is 1. The molecule has 7 nitrogen and oxygen atoms in total. The Hall–Kier alpha value is -2.10. The van der Waals surface area contributed by atoms with Gasteiger partial charge in [-0.05, 0) is 25.1 Å². The fourth-order valence-corrected chi connectivity index (χ4v) is 4.99. The lowest BCUT2D eigenvalue weighted by molar-refractivity contribution is 0.316. The number of thiazole rings is 1. The second-order valence-corrected chi connectivity index (χ2v) is 8.59.